The minimum Gasteiger partial charge on any atom is -0.456 e. The molecule has 0 saturated carbocycles. The van der Waals surface area contributed by atoms with Gasteiger partial charge in [-0.05, 0) is 44.2 Å². The van der Waals surface area contributed by atoms with E-state index in [0.29, 0.717) is 0 Å². The van der Waals surface area contributed by atoms with Crippen LogP contribution in [-0.2, 0) is 4.74 Å². The molecule has 0 saturated heterocycles. The van der Waals surface area contributed by atoms with Gasteiger partial charge in [-0.3, -0.25) is 20.2 Å². The van der Waals surface area contributed by atoms with Crippen molar-refractivity contribution < 1.29 is 19.2 Å². The van der Waals surface area contributed by atoms with Gasteiger partial charge in [0.2, 0.25) is 0 Å². The summed E-state index contributed by atoms with van der Waals surface area (Å²) in [6.45, 7) is 5.17. The SMILES string of the molecule is CC(C)(C)OC(=O)c1ccccc1C(=O)Nc1ncc([N+](=O)[O-])s1. The van der Waals surface area contributed by atoms with Crippen LogP contribution < -0.4 is 5.32 Å². The number of hydrogen-bond acceptors (Lipinski definition) is 7. The zero-order chi connectivity index (χ0) is 17.9. The zero-order valence-corrected chi connectivity index (χ0v) is 14.0. The van der Waals surface area contributed by atoms with E-state index in [1.165, 1.54) is 12.1 Å². The lowest BCUT2D eigenvalue weighted by Gasteiger charge is -2.20. The van der Waals surface area contributed by atoms with Crippen molar-refractivity contribution in [3.05, 3.63) is 51.7 Å². The molecule has 1 heterocycles. The maximum atomic E-state index is 12.4. The second-order valence-electron chi connectivity index (χ2n) is 5.76. The van der Waals surface area contributed by atoms with E-state index in [1.807, 2.05) is 0 Å². The molecule has 0 aliphatic carbocycles. The number of thiazole rings is 1. The van der Waals surface area contributed by atoms with Crippen molar-refractivity contribution in [2.45, 2.75) is 26.4 Å². The van der Waals surface area contributed by atoms with Gasteiger partial charge >= 0.3 is 11.0 Å². The minimum absolute atomic E-state index is 0.0747. The second kappa shape index (κ2) is 6.75. The maximum absolute atomic E-state index is 12.4. The quantitative estimate of drug-likeness (QED) is 0.515. The number of nitrogens with zero attached hydrogens (tertiary/aromatic N) is 2. The van der Waals surface area contributed by atoms with E-state index in [2.05, 4.69) is 10.3 Å². The standard InChI is InChI=1S/C15H15N3O5S/c1-15(2,3)23-13(20)10-7-5-4-6-9(10)12(19)17-14-16-8-11(24-14)18(21)22/h4-8H,1-3H3,(H,16,17,19). The number of benzene rings is 1. The smallest absolute Gasteiger partial charge is 0.345 e. The predicted molar refractivity (Wildman–Crippen MR) is 88.3 cm³/mol. The van der Waals surface area contributed by atoms with Gasteiger partial charge in [0.25, 0.3) is 5.91 Å². The van der Waals surface area contributed by atoms with Gasteiger partial charge in [-0.25, -0.2) is 9.78 Å². The molecule has 8 nitrogen and oxygen atoms in total. The number of carbonyl (C=O) groups excluding carboxylic acids is 2. The molecule has 0 spiro atoms. The number of nitrogens with one attached hydrogen (secondary N) is 1. The van der Waals surface area contributed by atoms with Crippen molar-refractivity contribution in [2.75, 3.05) is 5.32 Å². The fraction of sp³-hybridized carbons (Fsp3) is 0.267. The summed E-state index contributed by atoms with van der Waals surface area (Å²) in [4.78, 5) is 38.4. The molecule has 0 unspecified atom stereocenters. The molecule has 126 valence electrons. The molecule has 1 N–H and O–H groups in total. The third-order valence-electron chi connectivity index (χ3n) is 2.68. The Morgan fingerprint density at radius 1 is 1.25 bits per heavy atom. The van der Waals surface area contributed by atoms with Crippen molar-refractivity contribution in [2.24, 2.45) is 0 Å². The van der Waals surface area contributed by atoms with Gasteiger partial charge in [-0.1, -0.05) is 12.1 Å². The molecule has 1 aromatic heterocycles. The van der Waals surface area contributed by atoms with Crippen LogP contribution in [0, 0.1) is 10.1 Å². The first-order valence-corrected chi connectivity index (χ1v) is 7.73. The summed E-state index contributed by atoms with van der Waals surface area (Å²) < 4.78 is 5.28. The van der Waals surface area contributed by atoms with Gasteiger partial charge < -0.3 is 4.74 Å². The monoisotopic (exact) mass is 349 g/mol. The first-order valence-electron chi connectivity index (χ1n) is 6.91. The van der Waals surface area contributed by atoms with Crippen LogP contribution in [0.5, 0.6) is 0 Å². The molecule has 0 radical (unpaired) electrons. The summed E-state index contributed by atoms with van der Waals surface area (Å²) in [7, 11) is 0. The molecule has 0 aliphatic heterocycles. The number of anilines is 1. The second-order valence-corrected chi connectivity index (χ2v) is 6.77. The summed E-state index contributed by atoms with van der Waals surface area (Å²) in [6, 6.07) is 6.17. The number of aromatic nitrogens is 1. The largest absolute Gasteiger partial charge is 0.456 e. The molecule has 9 heteroatoms. The number of nitro groups is 1. The Hall–Kier alpha value is -2.81. The van der Waals surface area contributed by atoms with E-state index in [1.54, 1.807) is 32.9 Å². The van der Waals surface area contributed by atoms with Crippen LogP contribution in [0.25, 0.3) is 0 Å². The molecule has 0 fully saturated rings. The predicted octanol–water partition coefficient (Wildman–Crippen LogP) is 3.26. The van der Waals surface area contributed by atoms with E-state index in [4.69, 9.17) is 4.74 Å². The van der Waals surface area contributed by atoms with Crippen molar-refractivity contribution in [3.63, 3.8) is 0 Å². The molecular formula is C15H15N3O5S. The van der Waals surface area contributed by atoms with Crippen molar-refractivity contribution in [1.29, 1.82) is 0 Å². The average molecular weight is 349 g/mol. The van der Waals surface area contributed by atoms with Crippen LogP contribution in [0.1, 0.15) is 41.5 Å². The van der Waals surface area contributed by atoms with Gasteiger partial charge in [-0.2, -0.15) is 0 Å². The number of esters is 1. The summed E-state index contributed by atoms with van der Waals surface area (Å²) in [6.07, 6.45) is 1.06. The normalized spacial score (nSPS) is 11.0. The van der Waals surface area contributed by atoms with Crippen LogP contribution in [0.2, 0.25) is 0 Å². The number of hydrogen-bond donors (Lipinski definition) is 1. The third kappa shape index (κ3) is 4.35. The Morgan fingerprint density at radius 3 is 2.42 bits per heavy atom. The summed E-state index contributed by atoms with van der Waals surface area (Å²) >= 11 is 0.730. The van der Waals surface area contributed by atoms with Gasteiger partial charge in [0.1, 0.15) is 11.8 Å². The van der Waals surface area contributed by atoms with Crippen LogP contribution in [0.4, 0.5) is 10.1 Å². The highest BCUT2D eigenvalue weighted by Gasteiger charge is 2.23. The van der Waals surface area contributed by atoms with Gasteiger partial charge in [0, 0.05) is 0 Å². The molecular weight excluding hydrogens is 334 g/mol. The average Bonchev–Trinajstić information content (AvgIpc) is 2.94. The van der Waals surface area contributed by atoms with E-state index in [0.717, 1.165) is 17.5 Å². The Morgan fingerprint density at radius 2 is 1.88 bits per heavy atom. The molecule has 2 rings (SSSR count). The van der Waals surface area contributed by atoms with Crippen LogP contribution >= 0.6 is 11.3 Å². The van der Waals surface area contributed by atoms with E-state index < -0.39 is 22.4 Å². The van der Waals surface area contributed by atoms with Gasteiger partial charge in [0.15, 0.2) is 5.13 Å². The summed E-state index contributed by atoms with van der Waals surface area (Å²) in [5.41, 5.74) is -0.489. The van der Waals surface area contributed by atoms with Crippen LogP contribution in [0.15, 0.2) is 30.5 Å². The Balaban J connectivity index is 2.23. The lowest BCUT2D eigenvalue weighted by molar-refractivity contribution is -0.380. The Labute approximate surface area is 141 Å². The van der Waals surface area contributed by atoms with E-state index in [-0.39, 0.29) is 21.3 Å². The first-order chi connectivity index (χ1) is 11.2. The lowest BCUT2D eigenvalue weighted by atomic mass is 10.1. The molecule has 1 amide bonds. The van der Waals surface area contributed by atoms with Crippen molar-refractivity contribution in [1.82, 2.24) is 4.98 Å². The highest BCUT2D eigenvalue weighted by molar-refractivity contribution is 7.18. The van der Waals surface area contributed by atoms with Crippen molar-refractivity contribution in [3.8, 4) is 0 Å². The van der Waals surface area contributed by atoms with Crippen molar-refractivity contribution >= 4 is 33.3 Å². The first kappa shape index (κ1) is 17.5. The highest BCUT2D eigenvalue weighted by Crippen LogP contribution is 2.26. The number of carbonyl (C=O) groups is 2. The number of amides is 1. The third-order valence-corrected chi connectivity index (χ3v) is 3.55. The Kier molecular flexibility index (Phi) is 4.93. The summed E-state index contributed by atoms with van der Waals surface area (Å²) in [5, 5.41) is 13.0. The number of ether oxygens (including phenoxy) is 1. The fourth-order valence-corrected chi connectivity index (χ4v) is 2.39. The molecule has 0 atom stereocenters. The molecule has 2 aromatic rings. The van der Waals surface area contributed by atoms with E-state index in [9.17, 15) is 19.7 Å². The zero-order valence-electron chi connectivity index (χ0n) is 13.2. The fourth-order valence-electron chi connectivity index (χ4n) is 1.76. The molecule has 24 heavy (non-hydrogen) atoms. The summed E-state index contributed by atoms with van der Waals surface area (Å²) in [5.74, 6) is -1.22. The van der Waals surface area contributed by atoms with Gasteiger partial charge in [0.05, 0.1) is 16.1 Å². The Bertz CT molecular complexity index is 794. The highest BCUT2D eigenvalue weighted by atomic mass is 32.1. The van der Waals surface area contributed by atoms with Crippen LogP contribution in [-0.4, -0.2) is 27.4 Å². The van der Waals surface area contributed by atoms with E-state index >= 15 is 0 Å². The molecule has 1 aromatic carbocycles. The molecule has 0 aliphatic rings. The van der Waals surface area contributed by atoms with Crippen LogP contribution in [0.3, 0.4) is 0 Å². The van der Waals surface area contributed by atoms with Gasteiger partial charge in [-0.15, -0.1) is 0 Å². The minimum atomic E-state index is -0.698. The topological polar surface area (TPSA) is 111 Å². The maximum Gasteiger partial charge on any atom is 0.345 e. The number of rotatable bonds is 4. The molecule has 0 bridgehead atoms. The lowest BCUT2D eigenvalue weighted by Crippen LogP contribution is -2.26.